The lowest BCUT2D eigenvalue weighted by molar-refractivity contribution is -0.144. The number of aryl methyl sites for hydroxylation is 2. The highest BCUT2D eigenvalue weighted by molar-refractivity contribution is 7.14. The number of rotatable bonds is 9. The SMILES string of the molecule is Cc1ccc(OCc2ccc(C(=O)N(C)CC(=O)N(C)C)cc2C)c(-c2csc(N3C[C@H]4CC[C@@H](C3)C4C(=O)O)n2)c1. The van der Waals surface area contributed by atoms with E-state index in [4.69, 9.17) is 9.72 Å². The third-order valence-electron chi connectivity index (χ3n) is 8.48. The first-order valence-electron chi connectivity index (χ1n) is 14.2. The Morgan fingerprint density at radius 3 is 2.40 bits per heavy atom. The maximum Gasteiger partial charge on any atom is 0.307 e. The molecule has 0 radical (unpaired) electrons. The molecule has 3 atom stereocenters. The van der Waals surface area contributed by atoms with Gasteiger partial charge in [0, 0.05) is 50.7 Å². The van der Waals surface area contributed by atoms with E-state index in [1.807, 2.05) is 43.5 Å². The number of hydrogen-bond donors (Lipinski definition) is 1. The molecule has 3 aromatic rings. The Balaban J connectivity index is 1.28. The first kappa shape index (κ1) is 29.6. The van der Waals surface area contributed by atoms with Crippen molar-refractivity contribution in [1.29, 1.82) is 0 Å². The molecule has 9 nitrogen and oxygen atoms in total. The predicted molar refractivity (Wildman–Crippen MR) is 163 cm³/mol. The van der Waals surface area contributed by atoms with Gasteiger partial charge in [-0.2, -0.15) is 0 Å². The molecule has 2 fully saturated rings. The summed E-state index contributed by atoms with van der Waals surface area (Å²) in [7, 11) is 4.96. The van der Waals surface area contributed by atoms with Crippen molar-refractivity contribution in [1.82, 2.24) is 14.8 Å². The zero-order valence-corrected chi connectivity index (χ0v) is 25.6. The molecule has 1 N–H and O–H groups in total. The summed E-state index contributed by atoms with van der Waals surface area (Å²) in [5.41, 5.74) is 5.27. The van der Waals surface area contributed by atoms with Crippen LogP contribution in [0, 0.1) is 31.6 Å². The normalized spacial score (nSPS) is 19.5. The molecule has 1 aliphatic carbocycles. The first-order chi connectivity index (χ1) is 20.0. The fourth-order valence-electron chi connectivity index (χ4n) is 6.07. The number of fused-ring (bicyclic) bond motifs is 2. The van der Waals surface area contributed by atoms with Crippen molar-refractivity contribution >= 4 is 34.3 Å². The van der Waals surface area contributed by atoms with E-state index in [-0.39, 0.29) is 36.1 Å². The second-order valence-corrected chi connectivity index (χ2v) is 12.6. The van der Waals surface area contributed by atoms with Crippen LogP contribution in [0.4, 0.5) is 5.13 Å². The number of likely N-dealkylation sites (N-methyl/N-ethyl adjacent to an activating group) is 2. The standard InChI is InChI=1S/C32H38N4O5S/c1-19-6-11-27(41-17-24-10-7-21(13-20(24)2)30(38)35(5)16-28(37)34(3)4)25(12-19)26-18-42-32(33-26)36-14-22-8-9-23(15-36)29(22)31(39)40/h6-7,10-13,18,22-23,29H,8-9,14-17H2,1-5H3,(H,39,40)/t22-,23+,29?. The van der Waals surface area contributed by atoms with Crippen molar-refractivity contribution in [2.75, 3.05) is 45.7 Å². The first-order valence-corrected chi connectivity index (χ1v) is 15.1. The van der Waals surface area contributed by atoms with E-state index in [1.54, 1.807) is 38.5 Å². The van der Waals surface area contributed by atoms with Crippen LogP contribution >= 0.6 is 11.3 Å². The number of thiazole rings is 1. The van der Waals surface area contributed by atoms with Crippen molar-refractivity contribution in [2.24, 2.45) is 17.8 Å². The van der Waals surface area contributed by atoms with Crippen LogP contribution in [-0.4, -0.2) is 78.5 Å². The maximum atomic E-state index is 12.9. The van der Waals surface area contributed by atoms with Crippen LogP contribution in [-0.2, 0) is 16.2 Å². The number of hydrogen-bond acceptors (Lipinski definition) is 7. The van der Waals surface area contributed by atoms with Gasteiger partial charge in [-0.25, -0.2) is 4.98 Å². The summed E-state index contributed by atoms with van der Waals surface area (Å²) in [6.07, 6.45) is 1.93. The highest BCUT2D eigenvalue weighted by atomic mass is 32.1. The van der Waals surface area contributed by atoms with E-state index in [0.29, 0.717) is 12.2 Å². The van der Waals surface area contributed by atoms with E-state index in [1.165, 1.54) is 9.80 Å². The summed E-state index contributed by atoms with van der Waals surface area (Å²) in [5, 5.41) is 12.6. The quantitative estimate of drug-likeness (QED) is 0.385. The number of carboxylic acid groups (broad SMARTS) is 1. The van der Waals surface area contributed by atoms with E-state index in [2.05, 4.69) is 11.0 Å². The van der Waals surface area contributed by atoms with Crippen LogP contribution in [0.1, 0.15) is 39.9 Å². The molecule has 2 bridgehead atoms. The van der Waals surface area contributed by atoms with Gasteiger partial charge in [-0.15, -0.1) is 11.3 Å². The number of aromatic nitrogens is 1. The van der Waals surface area contributed by atoms with Crippen molar-refractivity contribution < 1.29 is 24.2 Å². The third kappa shape index (κ3) is 6.13. The van der Waals surface area contributed by atoms with Gasteiger partial charge < -0.3 is 24.5 Å². The second kappa shape index (κ2) is 12.1. The molecule has 1 saturated carbocycles. The van der Waals surface area contributed by atoms with Crippen LogP contribution in [0.25, 0.3) is 11.3 Å². The molecule has 1 unspecified atom stereocenters. The van der Waals surface area contributed by atoms with Crippen molar-refractivity contribution in [2.45, 2.75) is 33.3 Å². The lowest BCUT2D eigenvalue weighted by Gasteiger charge is -2.35. The summed E-state index contributed by atoms with van der Waals surface area (Å²) in [6, 6.07) is 11.6. The molecule has 1 aliphatic heterocycles. The number of ether oxygens (including phenoxy) is 1. The van der Waals surface area contributed by atoms with Gasteiger partial charge in [0.2, 0.25) is 5.91 Å². The molecule has 1 saturated heterocycles. The molecule has 0 spiro atoms. The predicted octanol–water partition coefficient (Wildman–Crippen LogP) is 4.71. The van der Waals surface area contributed by atoms with Gasteiger partial charge >= 0.3 is 5.97 Å². The fourth-order valence-corrected chi connectivity index (χ4v) is 6.91. The molecule has 2 aromatic carbocycles. The van der Waals surface area contributed by atoms with E-state index in [9.17, 15) is 19.5 Å². The van der Waals surface area contributed by atoms with Crippen LogP contribution in [0.5, 0.6) is 5.75 Å². The van der Waals surface area contributed by atoms with Crippen molar-refractivity contribution in [3.05, 3.63) is 64.0 Å². The largest absolute Gasteiger partial charge is 0.488 e. The Morgan fingerprint density at radius 1 is 1.05 bits per heavy atom. The Kier molecular flexibility index (Phi) is 8.54. The van der Waals surface area contributed by atoms with Crippen LogP contribution in [0.15, 0.2) is 41.8 Å². The third-order valence-corrected chi connectivity index (χ3v) is 9.38. The van der Waals surface area contributed by atoms with Gasteiger partial charge in [0.05, 0.1) is 18.2 Å². The van der Waals surface area contributed by atoms with Crippen LogP contribution in [0.3, 0.4) is 0 Å². The number of amides is 2. The summed E-state index contributed by atoms with van der Waals surface area (Å²) in [4.78, 5) is 46.8. The molecule has 42 heavy (non-hydrogen) atoms. The molecule has 222 valence electrons. The Labute approximate surface area is 250 Å². The monoisotopic (exact) mass is 590 g/mol. The number of carbonyl (C=O) groups is 3. The van der Waals surface area contributed by atoms with Crippen molar-refractivity contribution in [3.8, 4) is 17.0 Å². The molecular weight excluding hydrogens is 552 g/mol. The summed E-state index contributed by atoms with van der Waals surface area (Å²) in [5.74, 6) is -0.159. The van der Waals surface area contributed by atoms with Gasteiger partial charge in [0.15, 0.2) is 5.13 Å². The minimum Gasteiger partial charge on any atom is -0.488 e. The smallest absolute Gasteiger partial charge is 0.307 e. The lowest BCUT2D eigenvalue weighted by Crippen LogP contribution is -2.44. The number of nitrogens with zero attached hydrogens (tertiary/aromatic N) is 4. The van der Waals surface area contributed by atoms with E-state index in [0.717, 1.165) is 64.8 Å². The van der Waals surface area contributed by atoms with E-state index < -0.39 is 5.97 Å². The fraction of sp³-hybridized carbons (Fsp3) is 0.438. The zero-order chi connectivity index (χ0) is 30.1. The lowest BCUT2D eigenvalue weighted by atomic mass is 9.85. The number of carboxylic acids is 1. The molecule has 2 amide bonds. The molecule has 5 rings (SSSR count). The molecule has 10 heteroatoms. The van der Waals surface area contributed by atoms with Gasteiger partial charge in [0.1, 0.15) is 12.4 Å². The molecular formula is C32H38N4O5S. The summed E-state index contributed by atoms with van der Waals surface area (Å²) < 4.78 is 6.32. The van der Waals surface area contributed by atoms with Crippen LogP contribution in [0.2, 0.25) is 0 Å². The number of carbonyl (C=O) groups excluding carboxylic acids is 2. The highest BCUT2D eigenvalue weighted by Gasteiger charge is 2.46. The van der Waals surface area contributed by atoms with Gasteiger partial charge in [-0.3, -0.25) is 14.4 Å². The number of anilines is 1. The van der Waals surface area contributed by atoms with E-state index >= 15 is 0 Å². The number of benzene rings is 2. The maximum absolute atomic E-state index is 12.9. The summed E-state index contributed by atoms with van der Waals surface area (Å²) in [6.45, 7) is 5.80. The number of piperidine rings is 1. The highest BCUT2D eigenvalue weighted by Crippen LogP contribution is 2.44. The Hall–Kier alpha value is -3.92. The van der Waals surface area contributed by atoms with Crippen molar-refractivity contribution in [3.63, 3.8) is 0 Å². The summed E-state index contributed by atoms with van der Waals surface area (Å²) >= 11 is 1.59. The molecule has 2 aliphatic rings. The van der Waals surface area contributed by atoms with Crippen LogP contribution < -0.4 is 9.64 Å². The Bertz CT molecular complexity index is 1490. The second-order valence-electron chi connectivity index (χ2n) is 11.8. The topological polar surface area (TPSA) is 103 Å². The average molecular weight is 591 g/mol. The minimum atomic E-state index is -0.663. The average Bonchev–Trinajstić information content (AvgIpc) is 3.55. The molecule has 2 heterocycles. The molecule has 1 aromatic heterocycles. The Morgan fingerprint density at radius 2 is 1.76 bits per heavy atom. The number of aliphatic carboxylic acids is 1. The van der Waals surface area contributed by atoms with Gasteiger partial charge in [-0.05, 0) is 73.9 Å². The zero-order valence-electron chi connectivity index (χ0n) is 24.8. The van der Waals surface area contributed by atoms with Gasteiger partial charge in [0.25, 0.3) is 5.91 Å². The minimum absolute atomic E-state index is 0.0199. The van der Waals surface area contributed by atoms with Gasteiger partial charge in [-0.1, -0.05) is 17.7 Å².